The van der Waals surface area contributed by atoms with Crippen molar-refractivity contribution >= 4 is 37.4 Å². The van der Waals surface area contributed by atoms with Gasteiger partial charge in [0, 0.05) is 5.56 Å². The number of fused-ring (bicyclic) bond motifs is 1. The number of hydrogen-bond donors (Lipinski definition) is 4. The normalized spacial score (nSPS) is 12.6. The number of nitrogens with one attached hydrogen (secondary N) is 2. The second-order valence-corrected chi connectivity index (χ2v) is 9.79. The fourth-order valence-corrected chi connectivity index (χ4v) is 5.56. The topological polar surface area (TPSA) is 129 Å². The van der Waals surface area contributed by atoms with E-state index in [0.29, 0.717) is 22.5 Å². The maximum Gasteiger partial charge on any atom is 0.241 e. The third-order valence-corrected chi connectivity index (χ3v) is 7.33. The third kappa shape index (κ3) is 4.74. The number of phenolic OH excluding ortho intramolecular Hbond substituents is 1. The molecule has 5 N–H and O–H groups in total. The average molecular weight is 453 g/mol. The summed E-state index contributed by atoms with van der Waals surface area (Å²) in [5.74, 6) is 0.0667. The highest BCUT2D eigenvalue weighted by atomic mass is 32.2. The first-order chi connectivity index (χ1) is 14.8. The van der Waals surface area contributed by atoms with Gasteiger partial charge in [-0.3, -0.25) is 5.41 Å². The van der Waals surface area contributed by atoms with Crippen LogP contribution in [0.1, 0.15) is 22.2 Å². The van der Waals surface area contributed by atoms with Crippen molar-refractivity contribution in [1.82, 2.24) is 9.71 Å². The molecule has 7 nitrogen and oxygen atoms in total. The largest absolute Gasteiger partial charge is 0.508 e. The zero-order valence-corrected chi connectivity index (χ0v) is 18.0. The van der Waals surface area contributed by atoms with Crippen molar-refractivity contribution in [1.29, 1.82) is 5.41 Å². The van der Waals surface area contributed by atoms with Crippen LogP contribution in [-0.2, 0) is 16.4 Å². The summed E-state index contributed by atoms with van der Waals surface area (Å²) < 4.78 is 29.6. The minimum atomic E-state index is -3.80. The van der Waals surface area contributed by atoms with Crippen LogP contribution in [0.4, 0.5) is 0 Å². The van der Waals surface area contributed by atoms with Crippen LogP contribution in [0.3, 0.4) is 0 Å². The first kappa shape index (κ1) is 21.0. The second kappa shape index (κ2) is 8.46. The minimum absolute atomic E-state index is 0.0567. The van der Waals surface area contributed by atoms with E-state index in [-0.39, 0.29) is 16.5 Å². The number of aromatic hydroxyl groups is 1. The highest BCUT2D eigenvalue weighted by Gasteiger charge is 2.25. The van der Waals surface area contributed by atoms with Crippen LogP contribution in [0.25, 0.3) is 10.2 Å². The van der Waals surface area contributed by atoms with Crippen LogP contribution in [0.2, 0.25) is 0 Å². The minimum Gasteiger partial charge on any atom is -0.508 e. The van der Waals surface area contributed by atoms with Gasteiger partial charge in [0.1, 0.15) is 16.6 Å². The number of aromatic nitrogens is 1. The summed E-state index contributed by atoms with van der Waals surface area (Å²) in [6, 6.07) is 19.5. The van der Waals surface area contributed by atoms with Crippen molar-refractivity contribution in [2.24, 2.45) is 5.73 Å². The zero-order valence-electron chi connectivity index (χ0n) is 16.3. The van der Waals surface area contributed by atoms with Crippen molar-refractivity contribution in [3.63, 3.8) is 0 Å². The van der Waals surface area contributed by atoms with Gasteiger partial charge >= 0.3 is 0 Å². The standard InChI is InChI=1S/C22H20N4O3S2/c23-21(24)15-6-4-5-14(11-15)12-19(26-31(28,29)17-7-2-1-3-8-17)22-25-18-10-9-16(27)13-20(18)30-22/h1-11,13,19,26-27H,12H2,(H3,23,24). The lowest BCUT2D eigenvalue weighted by Gasteiger charge is -2.17. The monoisotopic (exact) mass is 452 g/mol. The summed E-state index contributed by atoms with van der Waals surface area (Å²) in [4.78, 5) is 4.76. The Bertz CT molecular complexity index is 1350. The van der Waals surface area contributed by atoms with Gasteiger partial charge < -0.3 is 10.8 Å². The van der Waals surface area contributed by atoms with E-state index in [0.717, 1.165) is 10.3 Å². The number of phenols is 1. The first-order valence-electron chi connectivity index (χ1n) is 9.42. The van der Waals surface area contributed by atoms with E-state index in [9.17, 15) is 13.5 Å². The Labute approximate surface area is 183 Å². The molecule has 4 rings (SSSR count). The molecule has 1 heterocycles. The number of thiazole rings is 1. The van der Waals surface area contributed by atoms with E-state index in [2.05, 4.69) is 9.71 Å². The van der Waals surface area contributed by atoms with Gasteiger partial charge in [0.2, 0.25) is 10.0 Å². The molecule has 1 atom stereocenters. The molecule has 0 spiro atoms. The summed E-state index contributed by atoms with van der Waals surface area (Å²) in [5, 5.41) is 18.0. The predicted octanol–water partition coefficient (Wildman–Crippen LogP) is 3.55. The van der Waals surface area contributed by atoms with Gasteiger partial charge in [0.05, 0.1) is 21.2 Å². The van der Waals surface area contributed by atoms with Gasteiger partial charge in [-0.2, -0.15) is 0 Å². The smallest absolute Gasteiger partial charge is 0.241 e. The number of nitrogens with two attached hydrogens (primary N) is 1. The lowest BCUT2D eigenvalue weighted by Crippen LogP contribution is -2.30. The molecule has 1 unspecified atom stereocenters. The van der Waals surface area contributed by atoms with Crippen molar-refractivity contribution in [2.45, 2.75) is 17.4 Å². The van der Waals surface area contributed by atoms with E-state index < -0.39 is 16.1 Å². The molecule has 0 saturated carbocycles. The van der Waals surface area contributed by atoms with Gasteiger partial charge in [-0.1, -0.05) is 36.4 Å². The Morgan fingerprint density at radius 2 is 1.87 bits per heavy atom. The summed E-state index contributed by atoms with van der Waals surface area (Å²) in [7, 11) is -3.80. The SMILES string of the molecule is N=C(N)c1cccc(CC(NS(=O)(=O)c2ccccc2)c2nc3ccc(O)cc3s2)c1. The van der Waals surface area contributed by atoms with E-state index in [1.165, 1.54) is 23.5 Å². The van der Waals surface area contributed by atoms with E-state index in [4.69, 9.17) is 11.1 Å². The van der Waals surface area contributed by atoms with Crippen molar-refractivity contribution in [2.75, 3.05) is 0 Å². The van der Waals surface area contributed by atoms with Gasteiger partial charge in [-0.05, 0) is 48.4 Å². The molecule has 0 aliphatic rings. The lowest BCUT2D eigenvalue weighted by atomic mass is 10.0. The van der Waals surface area contributed by atoms with Gasteiger partial charge in [0.25, 0.3) is 0 Å². The fourth-order valence-electron chi connectivity index (χ4n) is 3.22. The molecule has 0 amide bonds. The number of rotatable bonds is 7. The number of hydrogen-bond acceptors (Lipinski definition) is 6. The maximum absolute atomic E-state index is 13.0. The Kier molecular flexibility index (Phi) is 5.73. The molecule has 0 bridgehead atoms. The Morgan fingerprint density at radius 1 is 1.10 bits per heavy atom. The number of amidine groups is 1. The van der Waals surface area contributed by atoms with Crippen LogP contribution in [0.5, 0.6) is 5.75 Å². The second-order valence-electron chi connectivity index (χ2n) is 7.01. The lowest BCUT2D eigenvalue weighted by molar-refractivity contribution is 0.476. The van der Waals surface area contributed by atoms with Gasteiger partial charge in [-0.15, -0.1) is 11.3 Å². The summed E-state index contributed by atoms with van der Waals surface area (Å²) in [6.45, 7) is 0. The molecule has 0 radical (unpaired) electrons. The number of nitrogens with zero attached hydrogens (tertiary/aromatic N) is 1. The van der Waals surface area contributed by atoms with Crippen molar-refractivity contribution in [3.8, 4) is 5.75 Å². The molecule has 0 aliphatic heterocycles. The fraction of sp³-hybridized carbons (Fsp3) is 0.0909. The first-order valence-corrected chi connectivity index (χ1v) is 11.7. The summed E-state index contributed by atoms with van der Waals surface area (Å²) in [6.07, 6.45) is 0.318. The Morgan fingerprint density at radius 3 is 2.61 bits per heavy atom. The van der Waals surface area contributed by atoms with Crippen LogP contribution in [-0.4, -0.2) is 24.3 Å². The van der Waals surface area contributed by atoms with Crippen LogP contribution < -0.4 is 10.5 Å². The highest BCUT2D eigenvalue weighted by Crippen LogP contribution is 2.31. The average Bonchev–Trinajstić information content (AvgIpc) is 3.17. The third-order valence-electron chi connectivity index (χ3n) is 4.72. The molecule has 31 heavy (non-hydrogen) atoms. The highest BCUT2D eigenvalue weighted by molar-refractivity contribution is 7.89. The molecular weight excluding hydrogens is 432 g/mol. The summed E-state index contributed by atoms with van der Waals surface area (Å²) >= 11 is 1.32. The molecule has 158 valence electrons. The Balaban J connectivity index is 1.74. The van der Waals surface area contributed by atoms with E-state index in [1.54, 1.807) is 54.6 Å². The molecule has 4 aromatic rings. The quantitative estimate of drug-likeness (QED) is 0.252. The molecule has 9 heteroatoms. The number of benzene rings is 3. The maximum atomic E-state index is 13.0. The molecule has 1 aromatic heterocycles. The van der Waals surface area contributed by atoms with E-state index in [1.807, 2.05) is 6.07 Å². The number of nitrogen functional groups attached to an aromatic ring is 1. The van der Waals surface area contributed by atoms with Crippen LogP contribution in [0, 0.1) is 5.41 Å². The van der Waals surface area contributed by atoms with Crippen LogP contribution >= 0.6 is 11.3 Å². The Hall–Kier alpha value is -3.27. The van der Waals surface area contributed by atoms with Crippen molar-refractivity contribution < 1.29 is 13.5 Å². The predicted molar refractivity (Wildman–Crippen MR) is 122 cm³/mol. The molecule has 0 saturated heterocycles. The van der Waals surface area contributed by atoms with Gasteiger partial charge in [0.15, 0.2) is 0 Å². The zero-order chi connectivity index (χ0) is 22.0. The van der Waals surface area contributed by atoms with Crippen molar-refractivity contribution in [3.05, 3.63) is 88.9 Å². The van der Waals surface area contributed by atoms with E-state index >= 15 is 0 Å². The molecule has 3 aromatic carbocycles. The van der Waals surface area contributed by atoms with Gasteiger partial charge in [-0.25, -0.2) is 18.1 Å². The molecule has 0 aliphatic carbocycles. The molecule has 0 fully saturated rings. The summed E-state index contributed by atoms with van der Waals surface area (Å²) in [5.41, 5.74) is 7.67. The molecular formula is C22H20N4O3S2. The van der Waals surface area contributed by atoms with Crippen LogP contribution in [0.15, 0.2) is 77.7 Å². The number of sulfonamides is 1.